The molecule has 0 saturated carbocycles. The topological polar surface area (TPSA) is 74.7 Å². The summed E-state index contributed by atoms with van der Waals surface area (Å²) in [7, 11) is 0. The van der Waals surface area contributed by atoms with E-state index >= 15 is 0 Å². The lowest BCUT2D eigenvalue weighted by molar-refractivity contribution is -0.137. The molecule has 1 N–H and O–H groups in total. The van der Waals surface area contributed by atoms with Gasteiger partial charge in [0.25, 0.3) is 0 Å². The van der Waals surface area contributed by atoms with Crippen LogP contribution in [0.1, 0.15) is 37.7 Å². The van der Waals surface area contributed by atoms with E-state index in [-0.39, 0.29) is 11.0 Å². The second kappa shape index (κ2) is 8.80. The molecule has 1 aliphatic heterocycles. The van der Waals surface area contributed by atoms with Crippen molar-refractivity contribution >= 4 is 35.4 Å². The van der Waals surface area contributed by atoms with Gasteiger partial charge < -0.3 is 5.32 Å². The number of aliphatic imine (C=N–C) groups is 1. The van der Waals surface area contributed by atoms with Gasteiger partial charge in [0.15, 0.2) is 11.0 Å². The first kappa shape index (κ1) is 18.4. The van der Waals surface area contributed by atoms with Gasteiger partial charge in [0.05, 0.1) is 6.54 Å². The van der Waals surface area contributed by atoms with Gasteiger partial charge in [-0.05, 0) is 56.0 Å². The summed E-state index contributed by atoms with van der Waals surface area (Å²) in [6, 6.07) is 3.72. The number of carbonyl (C=O) groups excluding carboxylic acids is 2. The fraction of sp³-hybridized carbons (Fsp3) is 0.421. The van der Waals surface area contributed by atoms with Crippen molar-refractivity contribution < 1.29 is 9.59 Å². The Morgan fingerprint density at radius 3 is 3.00 bits per heavy atom. The summed E-state index contributed by atoms with van der Waals surface area (Å²) in [5, 5.41) is 2.81. The molecule has 1 aromatic heterocycles. The smallest absolute Gasteiger partial charge is 0.246 e. The summed E-state index contributed by atoms with van der Waals surface area (Å²) in [4.78, 5) is 34.6. The molecule has 0 bridgehead atoms. The highest BCUT2D eigenvalue weighted by molar-refractivity contribution is 7.80. The molecule has 1 fully saturated rings. The standard InChI is InChI=1S/C19H22N4O2S/c24-17-16(13-21-12-15-7-4-9-20-11-15)18(25)23(19(26)22-17)10-8-14-5-2-1-3-6-14/h4-5,7,9,11,13,16H,1-3,6,8,10,12H2,(H,22,24,26). The number of rotatable bonds is 6. The Labute approximate surface area is 158 Å². The summed E-state index contributed by atoms with van der Waals surface area (Å²) in [6.07, 6.45) is 12.5. The predicted molar refractivity (Wildman–Crippen MR) is 104 cm³/mol. The molecule has 1 unspecified atom stereocenters. The van der Waals surface area contributed by atoms with Gasteiger partial charge in [0.2, 0.25) is 11.8 Å². The van der Waals surface area contributed by atoms with Crippen molar-refractivity contribution in [3.05, 3.63) is 41.7 Å². The molecule has 0 spiro atoms. The van der Waals surface area contributed by atoms with Crippen LogP contribution in [0.25, 0.3) is 0 Å². The zero-order valence-corrected chi connectivity index (χ0v) is 15.4. The van der Waals surface area contributed by atoms with Gasteiger partial charge in [-0.15, -0.1) is 0 Å². The number of thiocarbonyl (C=S) groups is 1. The monoisotopic (exact) mass is 370 g/mol. The second-order valence-electron chi connectivity index (χ2n) is 6.47. The minimum atomic E-state index is -0.932. The lowest BCUT2D eigenvalue weighted by Crippen LogP contribution is -2.58. The molecule has 0 radical (unpaired) electrons. The van der Waals surface area contributed by atoms with Crippen molar-refractivity contribution in [1.82, 2.24) is 15.2 Å². The normalized spacial score (nSPS) is 21.1. The van der Waals surface area contributed by atoms with E-state index in [0.717, 1.165) is 24.8 Å². The number of aromatic nitrogens is 1. The first-order valence-electron chi connectivity index (χ1n) is 8.88. The van der Waals surface area contributed by atoms with Gasteiger partial charge in [-0.1, -0.05) is 17.7 Å². The van der Waals surface area contributed by atoms with E-state index in [1.165, 1.54) is 29.5 Å². The zero-order valence-electron chi connectivity index (χ0n) is 14.6. The molecule has 26 heavy (non-hydrogen) atoms. The molecule has 1 atom stereocenters. The van der Waals surface area contributed by atoms with Gasteiger partial charge >= 0.3 is 0 Å². The van der Waals surface area contributed by atoms with Crippen LogP contribution in [0.3, 0.4) is 0 Å². The number of hydrogen-bond donors (Lipinski definition) is 1. The van der Waals surface area contributed by atoms with Crippen LogP contribution in [-0.4, -0.2) is 39.6 Å². The van der Waals surface area contributed by atoms with Crippen LogP contribution >= 0.6 is 12.2 Å². The Hall–Kier alpha value is -2.41. The fourth-order valence-electron chi connectivity index (χ4n) is 3.12. The third-order valence-electron chi connectivity index (χ3n) is 4.58. The molecule has 2 heterocycles. The average Bonchev–Trinajstić information content (AvgIpc) is 2.66. The Morgan fingerprint density at radius 2 is 2.27 bits per heavy atom. The maximum atomic E-state index is 12.7. The molecule has 2 amide bonds. The molecular weight excluding hydrogens is 348 g/mol. The molecule has 0 aromatic carbocycles. The van der Waals surface area contributed by atoms with E-state index in [1.54, 1.807) is 12.4 Å². The Balaban J connectivity index is 1.62. The van der Waals surface area contributed by atoms with Gasteiger partial charge in [0, 0.05) is 25.2 Å². The Morgan fingerprint density at radius 1 is 1.38 bits per heavy atom. The molecule has 1 aliphatic carbocycles. The van der Waals surface area contributed by atoms with E-state index in [0.29, 0.717) is 13.1 Å². The highest BCUT2D eigenvalue weighted by Crippen LogP contribution is 2.21. The van der Waals surface area contributed by atoms with E-state index in [4.69, 9.17) is 12.2 Å². The van der Waals surface area contributed by atoms with E-state index in [2.05, 4.69) is 21.4 Å². The zero-order chi connectivity index (χ0) is 18.4. The summed E-state index contributed by atoms with van der Waals surface area (Å²) >= 11 is 5.19. The van der Waals surface area contributed by atoms with E-state index in [9.17, 15) is 9.59 Å². The van der Waals surface area contributed by atoms with Crippen molar-refractivity contribution in [2.45, 2.75) is 38.6 Å². The highest BCUT2D eigenvalue weighted by Gasteiger charge is 2.37. The SMILES string of the molecule is O=C1NC(=S)N(CCC2=CCCCC2)C(=O)C1C=NCc1cccnc1. The van der Waals surface area contributed by atoms with Crippen LogP contribution in [0.4, 0.5) is 0 Å². The van der Waals surface area contributed by atoms with Gasteiger partial charge in [-0.3, -0.25) is 24.5 Å². The van der Waals surface area contributed by atoms with E-state index < -0.39 is 11.8 Å². The van der Waals surface area contributed by atoms with E-state index in [1.807, 2.05) is 12.1 Å². The summed E-state index contributed by atoms with van der Waals surface area (Å²) in [5.74, 6) is -1.65. The van der Waals surface area contributed by atoms with Crippen molar-refractivity contribution in [3.63, 3.8) is 0 Å². The molecule has 2 aliphatic rings. The number of carbonyl (C=O) groups is 2. The third-order valence-corrected chi connectivity index (χ3v) is 4.90. The summed E-state index contributed by atoms with van der Waals surface area (Å²) in [6.45, 7) is 0.874. The van der Waals surface area contributed by atoms with Crippen molar-refractivity contribution in [2.24, 2.45) is 10.9 Å². The quantitative estimate of drug-likeness (QED) is 0.361. The van der Waals surface area contributed by atoms with Crippen molar-refractivity contribution in [1.29, 1.82) is 0 Å². The number of allylic oxidation sites excluding steroid dienone is 1. The van der Waals surface area contributed by atoms with Gasteiger partial charge in [-0.2, -0.15) is 0 Å². The van der Waals surface area contributed by atoms with Gasteiger partial charge in [-0.25, -0.2) is 0 Å². The Bertz CT molecular complexity index is 745. The van der Waals surface area contributed by atoms with Gasteiger partial charge in [0.1, 0.15) is 0 Å². The average molecular weight is 370 g/mol. The Kier molecular flexibility index (Phi) is 6.22. The molecule has 6 nitrogen and oxygen atoms in total. The number of pyridine rings is 1. The van der Waals surface area contributed by atoms with Crippen LogP contribution in [0.5, 0.6) is 0 Å². The molecule has 136 valence electrons. The fourth-order valence-corrected chi connectivity index (χ4v) is 3.40. The maximum absolute atomic E-state index is 12.7. The first-order valence-corrected chi connectivity index (χ1v) is 9.29. The summed E-state index contributed by atoms with van der Waals surface area (Å²) in [5.41, 5.74) is 2.29. The van der Waals surface area contributed by atoms with Crippen LogP contribution < -0.4 is 5.32 Å². The highest BCUT2D eigenvalue weighted by atomic mass is 32.1. The van der Waals surface area contributed by atoms with Crippen molar-refractivity contribution in [2.75, 3.05) is 6.54 Å². The molecular formula is C19H22N4O2S. The maximum Gasteiger partial charge on any atom is 0.246 e. The first-order chi connectivity index (χ1) is 12.6. The number of hydrogen-bond acceptors (Lipinski definition) is 5. The number of nitrogens with zero attached hydrogens (tertiary/aromatic N) is 3. The largest absolute Gasteiger partial charge is 0.302 e. The predicted octanol–water partition coefficient (Wildman–Crippen LogP) is 2.40. The van der Waals surface area contributed by atoms with Crippen LogP contribution in [0.15, 0.2) is 41.2 Å². The summed E-state index contributed by atoms with van der Waals surface area (Å²) < 4.78 is 0. The van der Waals surface area contributed by atoms with Crippen LogP contribution in [0.2, 0.25) is 0 Å². The molecule has 1 aromatic rings. The minimum absolute atomic E-state index is 0.188. The third kappa shape index (κ3) is 4.60. The minimum Gasteiger partial charge on any atom is -0.302 e. The second-order valence-corrected chi connectivity index (χ2v) is 6.86. The number of amides is 2. The van der Waals surface area contributed by atoms with Crippen LogP contribution in [0, 0.1) is 5.92 Å². The van der Waals surface area contributed by atoms with Crippen LogP contribution in [-0.2, 0) is 16.1 Å². The molecule has 1 saturated heterocycles. The lowest BCUT2D eigenvalue weighted by Gasteiger charge is -2.31. The number of nitrogens with one attached hydrogen (secondary N) is 1. The lowest BCUT2D eigenvalue weighted by atomic mass is 9.97. The molecule has 7 heteroatoms. The van der Waals surface area contributed by atoms with Crippen molar-refractivity contribution in [3.8, 4) is 0 Å². The molecule has 3 rings (SSSR count).